The van der Waals surface area contributed by atoms with Crippen molar-refractivity contribution in [2.24, 2.45) is 0 Å². The standard InChI is InChI=1S/C16H15N3O/c1-10-8-9-18-16(15(10)17)19-13-6-2-5-12-11(13)4-3-7-14(12)20/h2-9,20H,17H2,1H3,(H,18,19). The number of nitrogen functional groups attached to an aromatic ring is 1. The first-order valence-electron chi connectivity index (χ1n) is 6.35. The van der Waals surface area contributed by atoms with E-state index in [0.717, 1.165) is 22.0 Å². The Bertz CT molecular complexity index is 784. The van der Waals surface area contributed by atoms with Crippen molar-refractivity contribution in [3.05, 3.63) is 54.2 Å². The lowest BCUT2D eigenvalue weighted by molar-refractivity contribution is 0.481. The number of benzene rings is 2. The molecule has 0 aliphatic heterocycles. The van der Waals surface area contributed by atoms with Crippen LogP contribution in [0.1, 0.15) is 5.56 Å². The Balaban J connectivity index is 2.12. The first kappa shape index (κ1) is 12.3. The number of pyridine rings is 1. The number of nitrogens with one attached hydrogen (secondary N) is 1. The highest BCUT2D eigenvalue weighted by atomic mass is 16.3. The zero-order chi connectivity index (χ0) is 14.1. The average Bonchev–Trinajstić information content (AvgIpc) is 2.45. The van der Waals surface area contributed by atoms with E-state index in [1.54, 1.807) is 12.3 Å². The molecule has 20 heavy (non-hydrogen) atoms. The van der Waals surface area contributed by atoms with Gasteiger partial charge >= 0.3 is 0 Å². The number of hydrogen-bond acceptors (Lipinski definition) is 4. The molecule has 0 radical (unpaired) electrons. The summed E-state index contributed by atoms with van der Waals surface area (Å²) in [6.45, 7) is 1.94. The fourth-order valence-corrected chi connectivity index (χ4v) is 2.20. The van der Waals surface area contributed by atoms with Gasteiger partial charge in [0.2, 0.25) is 0 Å². The van der Waals surface area contributed by atoms with Crippen LogP contribution >= 0.6 is 0 Å². The third-order valence-corrected chi connectivity index (χ3v) is 3.36. The summed E-state index contributed by atoms with van der Waals surface area (Å²) < 4.78 is 0. The number of hydrogen-bond donors (Lipinski definition) is 3. The smallest absolute Gasteiger partial charge is 0.153 e. The molecule has 0 spiro atoms. The summed E-state index contributed by atoms with van der Waals surface area (Å²) in [5, 5.41) is 14.8. The summed E-state index contributed by atoms with van der Waals surface area (Å²) in [5.74, 6) is 0.886. The van der Waals surface area contributed by atoms with E-state index in [1.165, 1.54) is 0 Å². The number of phenolic OH excluding ortho intramolecular Hbond substituents is 1. The van der Waals surface area contributed by atoms with Crippen LogP contribution in [-0.2, 0) is 0 Å². The van der Waals surface area contributed by atoms with Crippen LogP contribution in [0.25, 0.3) is 10.8 Å². The third kappa shape index (κ3) is 2.01. The molecule has 0 amide bonds. The Morgan fingerprint density at radius 2 is 1.80 bits per heavy atom. The minimum Gasteiger partial charge on any atom is -0.507 e. The molecule has 4 heteroatoms. The van der Waals surface area contributed by atoms with Crippen molar-refractivity contribution in [1.29, 1.82) is 0 Å². The predicted octanol–water partition coefficient (Wildman–Crippen LogP) is 3.57. The molecule has 4 N–H and O–H groups in total. The molecular weight excluding hydrogens is 250 g/mol. The first-order chi connectivity index (χ1) is 9.66. The lowest BCUT2D eigenvalue weighted by atomic mass is 10.1. The Morgan fingerprint density at radius 3 is 2.65 bits per heavy atom. The van der Waals surface area contributed by atoms with Crippen LogP contribution < -0.4 is 11.1 Å². The molecule has 0 atom stereocenters. The maximum Gasteiger partial charge on any atom is 0.153 e. The summed E-state index contributed by atoms with van der Waals surface area (Å²) in [6, 6.07) is 13.0. The van der Waals surface area contributed by atoms with Crippen LogP contribution in [0, 0.1) is 6.92 Å². The summed E-state index contributed by atoms with van der Waals surface area (Å²) in [6.07, 6.45) is 1.72. The summed E-state index contributed by atoms with van der Waals surface area (Å²) >= 11 is 0. The van der Waals surface area contributed by atoms with Gasteiger partial charge in [0, 0.05) is 22.7 Å². The molecule has 0 bridgehead atoms. The van der Waals surface area contributed by atoms with E-state index < -0.39 is 0 Å². The minimum absolute atomic E-state index is 0.260. The van der Waals surface area contributed by atoms with Crippen molar-refractivity contribution in [2.75, 3.05) is 11.1 Å². The van der Waals surface area contributed by atoms with Gasteiger partial charge in [-0.1, -0.05) is 24.3 Å². The van der Waals surface area contributed by atoms with Crippen LogP contribution in [0.15, 0.2) is 48.7 Å². The highest BCUT2D eigenvalue weighted by Crippen LogP contribution is 2.32. The van der Waals surface area contributed by atoms with Crippen LogP contribution in [-0.4, -0.2) is 10.1 Å². The lowest BCUT2D eigenvalue weighted by Gasteiger charge is -2.12. The maximum atomic E-state index is 9.89. The normalized spacial score (nSPS) is 10.7. The van der Waals surface area contributed by atoms with Gasteiger partial charge in [-0.05, 0) is 30.7 Å². The largest absolute Gasteiger partial charge is 0.507 e. The van der Waals surface area contributed by atoms with Gasteiger partial charge in [0.15, 0.2) is 5.82 Å². The van der Waals surface area contributed by atoms with Crippen molar-refractivity contribution >= 4 is 28.0 Å². The molecule has 0 fully saturated rings. The van der Waals surface area contributed by atoms with E-state index in [9.17, 15) is 5.11 Å². The Hall–Kier alpha value is -2.75. The fraction of sp³-hybridized carbons (Fsp3) is 0.0625. The molecule has 0 aliphatic rings. The molecule has 3 aromatic rings. The number of anilines is 3. The highest BCUT2D eigenvalue weighted by molar-refractivity contribution is 5.99. The van der Waals surface area contributed by atoms with Crippen molar-refractivity contribution in [1.82, 2.24) is 4.98 Å². The topological polar surface area (TPSA) is 71.2 Å². The van der Waals surface area contributed by atoms with Gasteiger partial charge in [-0.25, -0.2) is 4.98 Å². The summed E-state index contributed by atoms with van der Waals surface area (Å²) in [7, 11) is 0. The molecule has 100 valence electrons. The minimum atomic E-state index is 0.260. The number of aryl methyl sites for hydroxylation is 1. The SMILES string of the molecule is Cc1ccnc(Nc2cccc3c(O)cccc23)c1N. The Kier molecular flexibility index (Phi) is 2.91. The third-order valence-electron chi connectivity index (χ3n) is 3.36. The summed E-state index contributed by atoms with van der Waals surface area (Å²) in [4.78, 5) is 4.27. The Morgan fingerprint density at radius 1 is 1.05 bits per heavy atom. The molecule has 1 heterocycles. The Labute approximate surface area is 116 Å². The van der Waals surface area contributed by atoms with Crippen LogP contribution in [0.4, 0.5) is 17.2 Å². The monoisotopic (exact) mass is 265 g/mol. The van der Waals surface area contributed by atoms with Crippen molar-refractivity contribution < 1.29 is 5.11 Å². The quantitative estimate of drug-likeness (QED) is 0.662. The van der Waals surface area contributed by atoms with Gasteiger partial charge in [0.05, 0.1) is 5.69 Å². The number of nitrogens with two attached hydrogens (primary N) is 1. The number of fused-ring (bicyclic) bond motifs is 1. The highest BCUT2D eigenvalue weighted by Gasteiger charge is 2.07. The van der Waals surface area contributed by atoms with Crippen LogP contribution in [0.2, 0.25) is 0 Å². The van der Waals surface area contributed by atoms with Gasteiger partial charge in [-0.15, -0.1) is 0 Å². The van der Waals surface area contributed by atoms with Gasteiger partial charge in [-0.2, -0.15) is 0 Å². The molecule has 0 aliphatic carbocycles. The molecule has 0 unspecified atom stereocenters. The molecule has 2 aromatic carbocycles. The molecule has 4 nitrogen and oxygen atoms in total. The predicted molar refractivity (Wildman–Crippen MR) is 82.3 cm³/mol. The van der Waals surface area contributed by atoms with Gasteiger partial charge in [-0.3, -0.25) is 0 Å². The van der Waals surface area contributed by atoms with E-state index in [2.05, 4.69) is 10.3 Å². The lowest BCUT2D eigenvalue weighted by Crippen LogP contribution is -2.01. The van der Waals surface area contributed by atoms with Gasteiger partial charge in [0.1, 0.15) is 5.75 Å². The molecule has 1 aromatic heterocycles. The second-order valence-electron chi connectivity index (χ2n) is 4.69. The molecule has 0 saturated heterocycles. The van der Waals surface area contributed by atoms with E-state index >= 15 is 0 Å². The van der Waals surface area contributed by atoms with E-state index in [1.807, 2.05) is 43.3 Å². The van der Waals surface area contributed by atoms with E-state index in [4.69, 9.17) is 5.73 Å². The number of rotatable bonds is 2. The number of phenols is 1. The average molecular weight is 265 g/mol. The van der Waals surface area contributed by atoms with Crippen molar-refractivity contribution in [3.8, 4) is 5.75 Å². The maximum absolute atomic E-state index is 9.89. The van der Waals surface area contributed by atoms with Crippen LogP contribution in [0.3, 0.4) is 0 Å². The van der Waals surface area contributed by atoms with E-state index in [0.29, 0.717) is 11.5 Å². The van der Waals surface area contributed by atoms with Crippen molar-refractivity contribution in [2.45, 2.75) is 6.92 Å². The fourth-order valence-electron chi connectivity index (χ4n) is 2.20. The van der Waals surface area contributed by atoms with Crippen LogP contribution in [0.5, 0.6) is 5.75 Å². The number of aromatic hydroxyl groups is 1. The summed E-state index contributed by atoms with van der Waals surface area (Å²) in [5.41, 5.74) is 8.50. The molecule has 3 rings (SSSR count). The second-order valence-corrected chi connectivity index (χ2v) is 4.69. The number of nitrogens with zero attached hydrogens (tertiary/aromatic N) is 1. The zero-order valence-corrected chi connectivity index (χ0v) is 11.1. The second kappa shape index (κ2) is 4.74. The number of aromatic nitrogens is 1. The first-order valence-corrected chi connectivity index (χ1v) is 6.35. The van der Waals surface area contributed by atoms with E-state index in [-0.39, 0.29) is 5.75 Å². The molecule has 0 saturated carbocycles. The van der Waals surface area contributed by atoms with Gasteiger partial charge in [0.25, 0.3) is 0 Å². The molecular formula is C16H15N3O. The van der Waals surface area contributed by atoms with Gasteiger partial charge < -0.3 is 16.2 Å². The van der Waals surface area contributed by atoms with Crippen molar-refractivity contribution in [3.63, 3.8) is 0 Å². The zero-order valence-electron chi connectivity index (χ0n) is 11.1.